The van der Waals surface area contributed by atoms with Gasteiger partial charge in [-0.05, 0) is 30.6 Å². The minimum atomic E-state index is 0.419. The van der Waals surface area contributed by atoms with E-state index in [4.69, 9.17) is 4.74 Å². The molecule has 1 nitrogen and oxygen atoms in total. The summed E-state index contributed by atoms with van der Waals surface area (Å²) in [6.07, 6.45) is 3.80. The van der Waals surface area contributed by atoms with E-state index >= 15 is 0 Å². The van der Waals surface area contributed by atoms with Crippen molar-refractivity contribution in [1.29, 1.82) is 0 Å². The topological polar surface area (TPSA) is 9.23 Å². The molecule has 0 amide bonds. The van der Waals surface area contributed by atoms with Gasteiger partial charge in [0, 0.05) is 23.9 Å². The second kappa shape index (κ2) is 5.72. The zero-order chi connectivity index (χ0) is 9.73. The fourth-order valence-corrected chi connectivity index (χ4v) is 3.18. The fourth-order valence-electron chi connectivity index (χ4n) is 1.79. The van der Waals surface area contributed by atoms with Crippen LogP contribution in [0.3, 0.4) is 0 Å². The summed E-state index contributed by atoms with van der Waals surface area (Å²) in [5.74, 6) is 0.869. The highest BCUT2D eigenvalue weighted by atomic mass is 79.9. The van der Waals surface area contributed by atoms with Gasteiger partial charge in [-0.2, -0.15) is 0 Å². The van der Waals surface area contributed by atoms with Crippen LogP contribution in [0.25, 0.3) is 0 Å². The molecule has 0 aliphatic carbocycles. The summed E-state index contributed by atoms with van der Waals surface area (Å²) in [4.78, 5) is 0. The average Bonchev–Trinajstić information content (AvgIpc) is 2.19. The van der Waals surface area contributed by atoms with Gasteiger partial charge < -0.3 is 4.74 Å². The monoisotopic (exact) mass is 312 g/mol. The second-order valence-electron chi connectivity index (χ2n) is 4.34. The first-order chi connectivity index (χ1) is 6.20. The van der Waals surface area contributed by atoms with Crippen molar-refractivity contribution in [3.8, 4) is 0 Å². The SMILES string of the molecule is CC(CBr)(CBr)CC1CCOCC1. The number of hydrogen-bond donors (Lipinski definition) is 0. The summed E-state index contributed by atoms with van der Waals surface area (Å²) in [6.45, 7) is 4.27. The standard InChI is InChI=1S/C10H18Br2O/c1-10(7-11,8-12)6-9-2-4-13-5-3-9/h9H,2-8H2,1H3. The minimum Gasteiger partial charge on any atom is -0.381 e. The molecule has 78 valence electrons. The molecule has 0 N–H and O–H groups in total. The highest BCUT2D eigenvalue weighted by Crippen LogP contribution is 2.34. The number of hydrogen-bond acceptors (Lipinski definition) is 1. The van der Waals surface area contributed by atoms with E-state index in [1.165, 1.54) is 19.3 Å². The number of rotatable bonds is 4. The lowest BCUT2D eigenvalue weighted by Gasteiger charge is -2.32. The van der Waals surface area contributed by atoms with Gasteiger partial charge in [0.25, 0.3) is 0 Å². The lowest BCUT2D eigenvalue weighted by molar-refractivity contribution is 0.0543. The maximum absolute atomic E-state index is 5.36. The maximum Gasteiger partial charge on any atom is 0.0468 e. The molecular formula is C10H18Br2O. The van der Waals surface area contributed by atoms with E-state index in [0.717, 1.165) is 29.8 Å². The van der Waals surface area contributed by atoms with Crippen LogP contribution >= 0.6 is 31.9 Å². The Labute approximate surface area is 97.9 Å². The van der Waals surface area contributed by atoms with Crippen molar-refractivity contribution in [3.63, 3.8) is 0 Å². The molecule has 0 spiro atoms. The number of ether oxygens (including phenoxy) is 1. The van der Waals surface area contributed by atoms with Crippen LogP contribution in [-0.2, 0) is 4.74 Å². The summed E-state index contributed by atoms with van der Waals surface area (Å²) in [5, 5.41) is 2.17. The zero-order valence-corrected chi connectivity index (χ0v) is 11.4. The third-order valence-electron chi connectivity index (χ3n) is 2.77. The fraction of sp³-hybridized carbons (Fsp3) is 1.00. The summed E-state index contributed by atoms with van der Waals surface area (Å²) in [6, 6.07) is 0. The Morgan fingerprint density at radius 2 is 1.77 bits per heavy atom. The van der Waals surface area contributed by atoms with Gasteiger partial charge >= 0.3 is 0 Å². The third-order valence-corrected chi connectivity index (χ3v) is 5.48. The van der Waals surface area contributed by atoms with Gasteiger partial charge in [0.2, 0.25) is 0 Å². The minimum absolute atomic E-state index is 0.419. The van der Waals surface area contributed by atoms with Crippen molar-refractivity contribution >= 4 is 31.9 Å². The Morgan fingerprint density at radius 3 is 2.23 bits per heavy atom. The molecule has 0 saturated carbocycles. The summed E-state index contributed by atoms with van der Waals surface area (Å²) < 4.78 is 5.36. The predicted octanol–water partition coefficient (Wildman–Crippen LogP) is 3.60. The van der Waals surface area contributed by atoms with Crippen molar-refractivity contribution in [2.75, 3.05) is 23.9 Å². The Bertz CT molecular complexity index is 140. The van der Waals surface area contributed by atoms with E-state index in [-0.39, 0.29) is 0 Å². The smallest absolute Gasteiger partial charge is 0.0468 e. The van der Waals surface area contributed by atoms with Gasteiger partial charge in [-0.15, -0.1) is 0 Å². The number of alkyl halides is 2. The maximum atomic E-state index is 5.36. The van der Waals surface area contributed by atoms with Gasteiger partial charge in [-0.1, -0.05) is 38.8 Å². The zero-order valence-electron chi connectivity index (χ0n) is 8.19. The van der Waals surface area contributed by atoms with Gasteiger partial charge in [0.05, 0.1) is 0 Å². The second-order valence-corrected chi connectivity index (χ2v) is 5.46. The van der Waals surface area contributed by atoms with Crippen molar-refractivity contribution < 1.29 is 4.74 Å². The molecule has 1 heterocycles. The average molecular weight is 314 g/mol. The molecule has 0 aromatic carbocycles. The lowest BCUT2D eigenvalue weighted by Crippen LogP contribution is -2.27. The van der Waals surface area contributed by atoms with Crippen LogP contribution < -0.4 is 0 Å². The summed E-state index contributed by atoms with van der Waals surface area (Å²) >= 11 is 7.20. The quantitative estimate of drug-likeness (QED) is 0.721. The first kappa shape index (κ1) is 12.0. The molecule has 0 aromatic heterocycles. The Kier molecular flexibility index (Phi) is 5.27. The van der Waals surface area contributed by atoms with E-state index in [1.807, 2.05) is 0 Å². The largest absolute Gasteiger partial charge is 0.381 e. The van der Waals surface area contributed by atoms with Crippen LogP contribution in [0.2, 0.25) is 0 Å². The lowest BCUT2D eigenvalue weighted by atomic mass is 9.81. The van der Waals surface area contributed by atoms with Crippen LogP contribution in [0.15, 0.2) is 0 Å². The van der Waals surface area contributed by atoms with Gasteiger partial charge in [0.15, 0.2) is 0 Å². The molecular weight excluding hydrogens is 296 g/mol. The normalized spacial score (nSPS) is 20.5. The molecule has 1 saturated heterocycles. The highest BCUT2D eigenvalue weighted by molar-refractivity contribution is 9.09. The van der Waals surface area contributed by atoms with Crippen LogP contribution in [0.5, 0.6) is 0 Å². The first-order valence-electron chi connectivity index (χ1n) is 4.90. The van der Waals surface area contributed by atoms with Crippen molar-refractivity contribution in [2.45, 2.75) is 26.2 Å². The van der Waals surface area contributed by atoms with Gasteiger partial charge in [-0.3, -0.25) is 0 Å². The van der Waals surface area contributed by atoms with Crippen LogP contribution in [0.4, 0.5) is 0 Å². The van der Waals surface area contributed by atoms with Crippen molar-refractivity contribution in [3.05, 3.63) is 0 Å². The van der Waals surface area contributed by atoms with Crippen molar-refractivity contribution in [2.24, 2.45) is 11.3 Å². The van der Waals surface area contributed by atoms with E-state index in [2.05, 4.69) is 38.8 Å². The molecule has 0 atom stereocenters. The molecule has 0 aromatic rings. The van der Waals surface area contributed by atoms with E-state index in [1.54, 1.807) is 0 Å². The molecule has 1 rings (SSSR count). The molecule has 1 aliphatic heterocycles. The van der Waals surface area contributed by atoms with Crippen LogP contribution in [-0.4, -0.2) is 23.9 Å². The Morgan fingerprint density at radius 1 is 1.23 bits per heavy atom. The van der Waals surface area contributed by atoms with E-state index in [9.17, 15) is 0 Å². The number of halogens is 2. The van der Waals surface area contributed by atoms with E-state index < -0.39 is 0 Å². The molecule has 1 fully saturated rings. The van der Waals surface area contributed by atoms with Gasteiger partial charge in [-0.25, -0.2) is 0 Å². The summed E-state index contributed by atoms with van der Waals surface area (Å²) in [7, 11) is 0. The van der Waals surface area contributed by atoms with Crippen LogP contribution in [0.1, 0.15) is 26.2 Å². The molecule has 3 heteroatoms. The molecule has 13 heavy (non-hydrogen) atoms. The predicted molar refractivity (Wildman–Crippen MR) is 63.9 cm³/mol. The third kappa shape index (κ3) is 3.88. The Balaban J connectivity index is 2.35. The molecule has 0 unspecified atom stereocenters. The van der Waals surface area contributed by atoms with Gasteiger partial charge in [0.1, 0.15) is 0 Å². The van der Waals surface area contributed by atoms with E-state index in [0.29, 0.717) is 5.41 Å². The first-order valence-corrected chi connectivity index (χ1v) is 7.14. The highest BCUT2D eigenvalue weighted by Gasteiger charge is 2.27. The molecule has 0 bridgehead atoms. The summed E-state index contributed by atoms with van der Waals surface area (Å²) in [5.41, 5.74) is 0.419. The van der Waals surface area contributed by atoms with Crippen molar-refractivity contribution in [1.82, 2.24) is 0 Å². The molecule has 0 radical (unpaired) electrons. The van der Waals surface area contributed by atoms with Crippen LogP contribution in [0, 0.1) is 11.3 Å². The molecule has 1 aliphatic rings. The Hall–Kier alpha value is 0.920.